The van der Waals surface area contributed by atoms with E-state index < -0.39 is 0 Å². The normalized spacial score (nSPS) is 21.4. The molecule has 1 atom stereocenters. The summed E-state index contributed by atoms with van der Waals surface area (Å²) in [5, 5.41) is 7.61. The van der Waals surface area contributed by atoms with E-state index >= 15 is 0 Å². The van der Waals surface area contributed by atoms with E-state index in [-0.39, 0.29) is 5.91 Å². The van der Waals surface area contributed by atoms with Crippen LogP contribution < -0.4 is 5.32 Å². The van der Waals surface area contributed by atoms with E-state index in [1.165, 1.54) is 0 Å². The SMILES string of the molecule is CCn1ccnc1CN(C(=O)c1ccnn1C)C1CC12CCNCC2. The molecular formula is C18H26N6O. The van der Waals surface area contributed by atoms with Crippen LogP contribution in [0.3, 0.4) is 0 Å². The maximum Gasteiger partial charge on any atom is 0.272 e. The predicted octanol–water partition coefficient (Wildman–Crippen LogP) is 1.42. The second kappa shape index (κ2) is 6.29. The molecule has 3 heterocycles. The van der Waals surface area contributed by atoms with E-state index in [1.54, 1.807) is 16.9 Å². The monoisotopic (exact) mass is 342 g/mol. The van der Waals surface area contributed by atoms with Gasteiger partial charge in [0.25, 0.3) is 5.91 Å². The van der Waals surface area contributed by atoms with Gasteiger partial charge in [-0.3, -0.25) is 9.48 Å². The zero-order chi connectivity index (χ0) is 17.4. The summed E-state index contributed by atoms with van der Waals surface area (Å²) in [5.41, 5.74) is 0.939. The third-order valence-corrected chi connectivity index (χ3v) is 5.88. The molecule has 0 aromatic carbocycles. The molecule has 2 fully saturated rings. The molecule has 1 N–H and O–H groups in total. The Morgan fingerprint density at radius 1 is 1.40 bits per heavy atom. The van der Waals surface area contributed by atoms with Crippen LogP contribution in [0, 0.1) is 5.41 Å². The number of imidazole rings is 1. The van der Waals surface area contributed by atoms with E-state index in [2.05, 4.69) is 26.9 Å². The summed E-state index contributed by atoms with van der Waals surface area (Å²) in [6, 6.07) is 2.11. The Balaban J connectivity index is 1.62. The van der Waals surface area contributed by atoms with Crippen molar-refractivity contribution in [1.82, 2.24) is 29.5 Å². The Labute approximate surface area is 148 Å². The van der Waals surface area contributed by atoms with Gasteiger partial charge >= 0.3 is 0 Å². The number of piperidine rings is 1. The number of aromatic nitrogens is 4. The van der Waals surface area contributed by atoms with Crippen LogP contribution in [-0.4, -0.2) is 49.3 Å². The minimum absolute atomic E-state index is 0.0612. The summed E-state index contributed by atoms with van der Waals surface area (Å²) < 4.78 is 3.78. The van der Waals surface area contributed by atoms with Crippen LogP contribution in [0.15, 0.2) is 24.7 Å². The zero-order valence-electron chi connectivity index (χ0n) is 15.0. The fourth-order valence-corrected chi connectivity index (χ4v) is 4.22. The molecule has 1 amide bonds. The van der Waals surface area contributed by atoms with E-state index in [0.717, 1.165) is 44.7 Å². The molecular weight excluding hydrogens is 316 g/mol. The summed E-state index contributed by atoms with van der Waals surface area (Å²) >= 11 is 0. The molecule has 25 heavy (non-hydrogen) atoms. The molecule has 7 nitrogen and oxygen atoms in total. The van der Waals surface area contributed by atoms with Crippen molar-refractivity contribution in [2.45, 2.75) is 45.3 Å². The molecule has 4 rings (SSSR count). The Bertz CT molecular complexity index is 757. The summed E-state index contributed by atoms with van der Waals surface area (Å²) in [4.78, 5) is 19.8. The summed E-state index contributed by atoms with van der Waals surface area (Å²) in [6.45, 7) is 5.62. The van der Waals surface area contributed by atoms with Crippen molar-refractivity contribution in [3.8, 4) is 0 Å². The van der Waals surface area contributed by atoms with E-state index in [4.69, 9.17) is 0 Å². The van der Waals surface area contributed by atoms with Gasteiger partial charge in [-0.05, 0) is 50.8 Å². The van der Waals surface area contributed by atoms with Crippen LogP contribution in [-0.2, 0) is 20.1 Å². The molecule has 0 bridgehead atoms. The van der Waals surface area contributed by atoms with Crippen LogP contribution in [0.1, 0.15) is 42.5 Å². The minimum Gasteiger partial charge on any atom is -0.334 e. The first kappa shape index (κ1) is 16.3. The van der Waals surface area contributed by atoms with Crippen molar-refractivity contribution in [3.63, 3.8) is 0 Å². The summed E-state index contributed by atoms with van der Waals surface area (Å²) in [6.07, 6.45) is 8.88. The smallest absolute Gasteiger partial charge is 0.272 e. The number of nitrogens with one attached hydrogen (secondary N) is 1. The Hall–Kier alpha value is -2.15. The highest BCUT2D eigenvalue weighted by Crippen LogP contribution is 2.56. The average Bonchev–Trinajstić information content (AvgIpc) is 2.99. The van der Waals surface area contributed by atoms with Crippen LogP contribution in [0.25, 0.3) is 0 Å². The van der Waals surface area contributed by atoms with Crippen molar-refractivity contribution in [2.24, 2.45) is 12.5 Å². The number of nitrogens with zero attached hydrogens (tertiary/aromatic N) is 5. The van der Waals surface area contributed by atoms with Gasteiger partial charge in [-0.2, -0.15) is 5.10 Å². The van der Waals surface area contributed by atoms with Crippen molar-refractivity contribution in [1.29, 1.82) is 0 Å². The van der Waals surface area contributed by atoms with Crippen LogP contribution in [0.4, 0.5) is 0 Å². The Morgan fingerprint density at radius 3 is 2.88 bits per heavy atom. The quantitative estimate of drug-likeness (QED) is 0.892. The predicted molar refractivity (Wildman–Crippen MR) is 93.9 cm³/mol. The molecule has 1 aliphatic carbocycles. The second-order valence-electron chi connectivity index (χ2n) is 7.23. The lowest BCUT2D eigenvalue weighted by Crippen LogP contribution is -2.40. The number of aryl methyl sites for hydroxylation is 2. The molecule has 1 saturated carbocycles. The molecule has 1 saturated heterocycles. The van der Waals surface area contributed by atoms with Gasteiger partial charge in [-0.1, -0.05) is 0 Å². The maximum atomic E-state index is 13.3. The van der Waals surface area contributed by atoms with Crippen LogP contribution in [0.2, 0.25) is 0 Å². The van der Waals surface area contributed by atoms with Crippen molar-refractivity contribution in [3.05, 3.63) is 36.2 Å². The first-order chi connectivity index (χ1) is 12.1. The second-order valence-corrected chi connectivity index (χ2v) is 7.23. The highest BCUT2D eigenvalue weighted by molar-refractivity contribution is 5.93. The topological polar surface area (TPSA) is 68.0 Å². The molecule has 1 aliphatic heterocycles. The molecule has 0 radical (unpaired) electrons. The largest absolute Gasteiger partial charge is 0.334 e. The number of carbonyl (C=O) groups excluding carboxylic acids is 1. The number of carbonyl (C=O) groups is 1. The van der Waals surface area contributed by atoms with E-state index in [1.807, 2.05) is 24.3 Å². The third-order valence-electron chi connectivity index (χ3n) is 5.88. The van der Waals surface area contributed by atoms with Gasteiger partial charge in [-0.15, -0.1) is 0 Å². The number of hydrogen-bond donors (Lipinski definition) is 1. The zero-order valence-corrected chi connectivity index (χ0v) is 15.0. The van der Waals surface area contributed by atoms with Crippen molar-refractivity contribution < 1.29 is 4.79 Å². The van der Waals surface area contributed by atoms with Gasteiger partial charge in [0.1, 0.15) is 11.5 Å². The number of hydrogen-bond acceptors (Lipinski definition) is 4. The van der Waals surface area contributed by atoms with Crippen LogP contribution >= 0.6 is 0 Å². The average molecular weight is 342 g/mol. The number of amides is 1. The lowest BCUT2D eigenvalue weighted by Gasteiger charge is -2.29. The molecule has 2 aromatic heterocycles. The highest BCUT2D eigenvalue weighted by atomic mass is 16.2. The van der Waals surface area contributed by atoms with Gasteiger partial charge in [0, 0.05) is 38.2 Å². The summed E-state index contributed by atoms with van der Waals surface area (Å²) in [7, 11) is 1.82. The fraction of sp³-hybridized carbons (Fsp3) is 0.611. The first-order valence-corrected chi connectivity index (χ1v) is 9.14. The molecule has 134 valence electrons. The minimum atomic E-state index is 0.0612. The van der Waals surface area contributed by atoms with Gasteiger partial charge in [-0.25, -0.2) is 4.98 Å². The van der Waals surface area contributed by atoms with Crippen LogP contribution in [0.5, 0.6) is 0 Å². The Morgan fingerprint density at radius 2 is 2.20 bits per heavy atom. The van der Waals surface area contributed by atoms with Gasteiger partial charge < -0.3 is 14.8 Å². The molecule has 7 heteroatoms. The van der Waals surface area contributed by atoms with Gasteiger partial charge in [0.15, 0.2) is 0 Å². The lowest BCUT2D eigenvalue weighted by molar-refractivity contribution is 0.0673. The fourth-order valence-electron chi connectivity index (χ4n) is 4.22. The molecule has 1 unspecified atom stereocenters. The first-order valence-electron chi connectivity index (χ1n) is 9.14. The van der Waals surface area contributed by atoms with E-state index in [0.29, 0.717) is 23.7 Å². The highest BCUT2D eigenvalue weighted by Gasteiger charge is 2.58. The van der Waals surface area contributed by atoms with E-state index in [9.17, 15) is 4.79 Å². The van der Waals surface area contributed by atoms with Crippen molar-refractivity contribution >= 4 is 5.91 Å². The molecule has 2 aliphatic rings. The maximum absolute atomic E-state index is 13.3. The summed E-state index contributed by atoms with van der Waals surface area (Å²) in [5.74, 6) is 1.01. The molecule has 1 spiro atoms. The standard InChI is InChI=1S/C18H26N6O/c1-3-23-11-10-20-16(23)13-24(17(25)14-4-7-21-22(14)2)15-12-18(15)5-8-19-9-6-18/h4,7,10-11,15,19H,3,5-6,8-9,12-13H2,1-2H3. The van der Waals surface area contributed by atoms with Gasteiger partial charge in [0.05, 0.1) is 6.54 Å². The van der Waals surface area contributed by atoms with Gasteiger partial charge in [0.2, 0.25) is 0 Å². The van der Waals surface area contributed by atoms with Crippen molar-refractivity contribution in [2.75, 3.05) is 13.1 Å². The lowest BCUT2D eigenvalue weighted by atomic mass is 9.93. The third kappa shape index (κ3) is 2.86. The Kier molecular flexibility index (Phi) is 4.11. The number of rotatable bonds is 5. The molecule has 2 aromatic rings.